The minimum absolute atomic E-state index is 0.0127. The normalized spacial score (nSPS) is 20.4. The summed E-state index contributed by atoms with van der Waals surface area (Å²) in [7, 11) is 1.62. The summed E-state index contributed by atoms with van der Waals surface area (Å²) in [6, 6.07) is 14.0. The van der Waals surface area contributed by atoms with Gasteiger partial charge in [0.05, 0.1) is 24.4 Å². The van der Waals surface area contributed by atoms with Gasteiger partial charge >= 0.3 is 0 Å². The highest BCUT2D eigenvalue weighted by molar-refractivity contribution is 6.09. The van der Waals surface area contributed by atoms with E-state index in [2.05, 4.69) is 11.8 Å². The zero-order valence-corrected chi connectivity index (χ0v) is 20.9. The number of amides is 1. The summed E-state index contributed by atoms with van der Waals surface area (Å²) in [5, 5.41) is 6.83. The van der Waals surface area contributed by atoms with E-state index < -0.39 is 0 Å². The van der Waals surface area contributed by atoms with Gasteiger partial charge in [0, 0.05) is 43.5 Å². The molecule has 0 radical (unpaired) electrons. The second-order valence-corrected chi connectivity index (χ2v) is 9.99. The van der Waals surface area contributed by atoms with Gasteiger partial charge in [-0.1, -0.05) is 30.3 Å². The average Bonchev–Trinajstić information content (AvgIpc) is 3.52. The van der Waals surface area contributed by atoms with Crippen LogP contribution in [0.3, 0.4) is 0 Å². The van der Waals surface area contributed by atoms with Crippen molar-refractivity contribution >= 4 is 28.1 Å². The molecule has 2 atom stereocenters. The maximum atomic E-state index is 14.1. The van der Waals surface area contributed by atoms with Crippen LogP contribution < -0.4 is 15.4 Å². The summed E-state index contributed by atoms with van der Waals surface area (Å²) in [5.74, 6) is 1.56. The van der Waals surface area contributed by atoms with Gasteiger partial charge in [-0.05, 0) is 49.4 Å². The minimum atomic E-state index is -0.111. The Hall–Kier alpha value is -3.65. The number of aromatic nitrogens is 3. The summed E-state index contributed by atoms with van der Waals surface area (Å²) in [5.41, 5.74) is 9.51. The van der Waals surface area contributed by atoms with E-state index >= 15 is 0 Å². The molecule has 1 amide bonds. The average molecular weight is 485 g/mol. The van der Waals surface area contributed by atoms with E-state index in [0.29, 0.717) is 17.9 Å². The van der Waals surface area contributed by atoms with Crippen molar-refractivity contribution < 1.29 is 9.53 Å². The van der Waals surface area contributed by atoms with Crippen LogP contribution in [0, 0.1) is 6.92 Å². The summed E-state index contributed by atoms with van der Waals surface area (Å²) in [4.78, 5) is 23.3. The van der Waals surface area contributed by atoms with Gasteiger partial charge in [-0.15, -0.1) is 0 Å². The van der Waals surface area contributed by atoms with Gasteiger partial charge in [-0.25, -0.2) is 9.50 Å². The predicted octanol–water partition coefficient (Wildman–Crippen LogP) is 4.10. The third-order valence-electron chi connectivity index (χ3n) is 7.58. The monoisotopic (exact) mass is 484 g/mol. The van der Waals surface area contributed by atoms with E-state index in [1.165, 1.54) is 0 Å². The number of hydrogen-bond donors (Lipinski definition) is 1. The smallest absolute Gasteiger partial charge is 0.258 e. The molecule has 0 spiro atoms. The van der Waals surface area contributed by atoms with Crippen molar-refractivity contribution in [3.63, 3.8) is 0 Å². The summed E-state index contributed by atoms with van der Waals surface area (Å²) < 4.78 is 7.49. The van der Waals surface area contributed by atoms with Crippen molar-refractivity contribution in [2.75, 3.05) is 31.6 Å². The van der Waals surface area contributed by atoms with Crippen LogP contribution in [0.2, 0.25) is 0 Å². The van der Waals surface area contributed by atoms with Crippen LogP contribution in [0.4, 0.5) is 5.82 Å². The largest absolute Gasteiger partial charge is 0.496 e. The van der Waals surface area contributed by atoms with Gasteiger partial charge < -0.3 is 20.3 Å². The first kappa shape index (κ1) is 22.8. The van der Waals surface area contributed by atoms with Crippen molar-refractivity contribution in [1.29, 1.82) is 0 Å². The van der Waals surface area contributed by atoms with Crippen LogP contribution in [0.25, 0.3) is 16.4 Å². The molecule has 4 aromatic rings. The van der Waals surface area contributed by atoms with E-state index in [1.54, 1.807) is 7.11 Å². The van der Waals surface area contributed by atoms with E-state index in [1.807, 2.05) is 58.1 Å². The first-order valence-electron chi connectivity index (χ1n) is 12.8. The van der Waals surface area contributed by atoms with Gasteiger partial charge in [0.2, 0.25) is 0 Å². The number of nitrogens with two attached hydrogens (primary N) is 1. The quantitative estimate of drug-likeness (QED) is 0.469. The molecule has 8 heteroatoms. The van der Waals surface area contributed by atoms with Crippen molar-refractivity contribution in [2.24, 2.45) is 5.73 Å². The number of likely N-dealkylation sites (tertiary alicyclic amines) is 1. The lowest BCUT2D eigenvalue weighted by atomic mass is 9.96. The van der Waals surface area contributed by atoms with E-state index in [-0.39, 0.29) is 18.0 Å². The van der Waals surface area contributed by atoms with Crippen LogP contribution in [0.1, 0.15) is 53.3 Å². The molecule has 6 rings (SSSR count). The predicted molar refractivity (Wildman–Crippen MR) is 141 cm³/mol. The number of piperidine rings is 1. The molecule has 2 saturated heterocycles. The molecule has 2 aromatic heterocycles. The molecule has 2 aliphatic heterocycles. The van der Waals surface area contributed by atoms with Crippen LogP contribution in [0.15, 0.2) is 48.7 Å². The lowest BCUT2D eigenvalue weighted by Gasteiger charge is -2.35. The highest BCUT2D eigenvalue weighted by Crippen LogP contribution is 2.36. The number of hydrogen-bond acceptors (Lipinski definition) is 6. The molecule has 0 unspecified atom stereocenters. The highest BCUT2D eigenvalue weighted by Gasteiger charge is 2.33. The SMILES string of the molecule is COc1ccc2ccccc2c1C(=O)N1CCCC[C@H]1c1cc2nc(N3CC[C@H](N)C3)c(C)cn2n1. The van der Waals surface area contributed by atoms with Crippen LogP contribution in [-0.2, 0) is 0 Å². The number of rotatable bonds is 4. The zero-order chi connectivity index (χ0) is 24.8. The number of anilines is 1. The van der Waals surface area contributed by atoms with E-state index in [9.17, 15) is 4.79 Å². The molecule has 4 heterocycles. The Morgan fingerprint density at radius 2 is 1.97 bits per heavy atom. The fraction of sp³-hybridized carbons (Fsp3) is 0.393. The number of aryl methyl sites for hydroxylation is 1. The molecule has 2 aromatic carbocycles. The Labute approximate surface area is 210 Å². The maximum absolute atomic E-state index is 14.1. The van der Waals surface area contributed by atoms with Gasteiger partial charge in [-0.2, -0.15) is 5.10 Å². The van der Waals surface area contributed by atoms with E-state index in [4.69, 9.17) is 20.6 Å². The molecule has 0 saturated carbocycles. The molecule has 36 heavy (non-hydrogen) atoms. The number of nitrogens with zero attached hydrogens (tertiary/aromatic N) is 5. The number of benzene rings is 2. The first-order valence-corrected chi connectivity index (χ1v) is 12.8. The topological polar surface area (TPSA) is 89.0 Å². The van der Waals surface area contributed by atoms with Crippen molar-refractivity contribution in [3.05, 3.63) is 65.5 Å². The summed E-state index contributed by atoms with van der Waals surface area (Å²) in [6.45, 7) is 4.50. The van der Waals surface area contributed by atoms with E-state index in [0.717, 1.165) is 72.3 Å². The van der Waals surface area contributed by atoms with Crippen LogP contribution >= 0.6 is 0 Å². The Kier molecular flexibility index (Phi) is 5.76. The number of ether oxygens (including phenoxy) is 1. The minimum Gasteiger partial charge on any atom is -0.496 e. The third-order valence-corrected chi connectivity index (χ3v) is 7.58. The Morgan fingerprint density at radius 1 is 1.11 bits per heavy atom. The molecule has 186 valence electrons. The molecule has 0 bridgehead atoms. The van der Waals surface area contributed by atoms with Gasteiger partial charge in [0.15, 0.2) is 5.65 Å². The molecule has 0 aliphatic carbocycles. The van der Waals surface area contributed by atoms with Gasteiger partial charge in [-0.3, -0.25) is 4.79 Å². The number of methoxy groups -OCH3 is 1. The Balaban J connectivity index is 1.38. The zero-order valence-electron chi connectivity index (χ0n) is 20.9. The first-order chi connectivity index (χ1) is 17.5. The molecule has 2 fully saturated rings. The maximum Gasteiger partial charge on any atom is 0.258 e. The third kappa shape index (κ3) is 3.86. The Morgan fingerprint density at radius 3 is 2.78 bits per heavy atom. The lowest BCUT2D eigenvalue weighted by Crippen LogP contribution is -2.39. The van der Waals surface area contributed by atoms with Crippen molar-refractivity contribution in [2.45, 2.75) is 44.7 Å². The number of fused-ring (bicyclic) bond motifs is 2. The molecule has 8 nitrogen and oxygen atoms in total. The highest BCUT2D eigenvalue weighted by atomic mass is 16.5. The number of carbonyl (C=O) groups excluding carboxylic acids is 1. The molecular weight excluding hydrogens is 452 g/mol. The second-order valence-electron chi connectivity index (χ2n) is 9.99. The molecule has 2 aliphatic rings. The second kappa shape index (κ2) is 9.09. The fourth-order valence-corrected chi connectivity index (χ4v) is 5.75. The summed E-state index contributed by atoms with van der Waals surface area (Å²) in [6.07, 6.45) is 5.91. The Bertz CT molecular complexity index is 1450. The summed E-state index contributed by atoms with van der Waals surface area (Å²) >= 11 is 0. The number of carbonyl (C=O) groups is 1. The van der Waals surface area contributed by atoms with Crippen molar-refractivity contribution in [1.82, 2.24) is 19.5 Å². The van der Waals surface area contributed by atoms with Crippen LogP contribution in [0.5, 0.6) is 5.75 Å². The molecule has 2 N–H and O–H groups in total. The van der Waals surface area contributed by atoms with Crippen LogP contribution in [-0.4, -0.2) is 58.2 Å². The molecular formula is C28H32N6O2. The fourth-order valence-electron chi connectivity index (χ4n) is 5.75. The van der Waals surface area contributed by atoms with Gasteiger partial charge in [0.25, 0.3) is 5.91 Å². The van der Waals surface area contributed by atoms with Gasteiger partial charge in [0.1, 0.15) is 11.6 Å². The standard InChI is InChI=1S/C28H32N6O2/c1-18-16-34-25(30-27(18)32-14-12-20(29)17-32)15-22(31-34)23-9-5-6-13-33(23)28(35)26-21-8-4-3-7-19(21)10-11-24(26)36-2/h3-4,7-8,10-11,15-16,20,23H,5-6,9,12-14,17,29H2,1-2H3/t20-,23-/m0/s1. The van der Waals surface area contributed by atoms with Crippen molar-refractivity contribution in [3.8, 4) is 5.75 Å². The lowest BCUT2D eigenvalue weighted by molar-refractivity contribution is 0.0604.